The molecule has 7 nitrogen and oxygen atoms in total. The Bertz CT molecular complexity index is 734. The number of hydrogen-bond donors (Lipinski definition) is 2. The molecule has 0 atom stereocenters. The highest BCUT2D eigenvalue weighted by atomic mass is 79.9. The molecule has 0 aromatic carbocycles. The van der Waals surface area contributed by atoms with Crippen LogP contribution in [0, 0.1) is 0 Å². The third-order valence-corrected chi connectivity index (χ3v) is 6.53. The molecular formula is C31H54BrN3O4. The second kappa shape index (κ2) is 27.5. The highest BCUT2D eigenvalue weighted by molar-refractivity contribution is 5.68. The number of rotatable bonds is 24. The Morgan fingerprint density at radius 3 is 1.51 bits per heavy atom. The van der Waals surface area contributed by atoms with Crippen LogP contribution in [-0.2, 0) is 16.0 Å². The van der Waals surface area contributed by atoms with Crippen molar-refractivity contribution in [3.63, 3.8) is 0 Å². The van der Waals surface area contributed by atoms with E-state index in [1.165, 1.54) is 89.9 Å². The minimum Gasteiger partial charge on any atom is -1.00 e. The van der Waals surface area contributed by atoms with Crippen LogP contribution in [0.4, 0.5) is 9.59 Å². The molecule has 0 saturated heterocycles. The zero-order valence-electron chi connectivity index (χ0n) is 24.4. The first-order valence-corrected chi connectivity index (χ1v) is 15.0. The molecule has 1 rings (SSSR count). The summed E-state index contributed by atoms with van der Waals surface area (Å²) in [5.41, 5.74) is 0.523. The number of nitrogens with one attached hydrogen (secondary N) is 2. The SMILES string of the molecule is C=C(COC(=O)NCCCCCCCCCCCCCCCCCC)COC(=O)NCC[n+]1ccccc1.[Br-]. The van der Waals surface area contributed by atoms with Crippen molar-refractivity contribution in [1.29, 1.82) is 0 Å². The third kappa shape index (κ3) is 24.7. The Hall–Kier alpha value is -2.09. The van der Waals surface area contributed by atoms with Crippen LogP contribution in [0.2, 0.25) is 0 Å². The highest BCUT2D eigenvalue weighted by Gasteiger charge is 2.07. The summed E-state index contributed by atoms with van der Waals surface area (Å²) in [6.07, 6.45) is 24.1. The summed E-state index contributed by atoms with van der Waals surface area (Å²) in [7, 11) is 0. The van der Waals surface area contributed by atoms with E-state index >= 15 is 0 Å². The number of carbonyl (C=O) groups is 2. The van der Waals surface area contributed by atoms with Crippen molar-refractivity contribution in [3.05, 3.63) is 42.7 Å². The van der Waals surface area contributed by atoms with Gasteiger partial charge in [-0.15, -0.1) is 0 Å². The quantitative estimate of drug-likeness (QED) is 0.104. The fourth-order valence-corrected chi connectivity index (χ4v) is 4.21. The van der Waals surface area contributed by atoms with Gasteiger partial charge in [0.15, 0.2) is 18.9 Å². The number of hydrogen-bond acceptors (Lipinski definition) is 4. The van der Waals surface area contributed by atoms with Crippen molar-refractivity contribution in [2.24, 2.45) is 0 Å². The molecule has 0 unspecified atom stereocenters. The zero-order chi connectivity index (χ0) is 27.5. The van der Waals surface area contributed by atoms with Gasteiger partial charge in [0.1, 0.15) is 13.2 Å². The van der Waals surface area contributed by atoms with Crippen molar-refractivity contribution < 1.29 is 40.6 Å². The van der Waals surface area contributed by atoms with Crippen molar-refractivity contribution in [3.8, 4) is 0 Å². The number of alkyl carbamates (subject to hydrolysis) is 2. The van der Waals surface area contributed by atoms with Crippen molar-refractivity contribution >= 4 is 12.2 Å². The van der Waals surface area contributed by atoms with Crippen LogP contribution >= 0.6 is 0 Å². The summed E-state index contributed by atoms with van der Waals surface area (Å²) in [6, 6.07) is 5.80. The van der Waals surface area contributed by atoms with E-state index in [4.69, 9.17) is 9.47 Å². The molecule has 0 fully saturated rings. The Morgan fingerprint density at radius 2 is 1.05 bits per heavy atom. The molecule has 224 valence electrons. The summed E-state index contributed by atoms with van der Waals surface area (Å²) in [4.78, 5) is 23.6. The molecule has 8 heteroatoms. The van der Waals surface area contributed by atoms with Gasteiger partial charge in [-0.1, -0.05) is 116 Å². The number of unbranched alkanes of at least 4 members (excludes halogenated alkanes) is 15. The van der Waals surface area contributed by atoms with Crippen LogP contribution in [-0.4, -0.2) is 38.5 Å². The Kier molecular flexibility index (Phi) is 26.0. The molecule has 1 aromatic rings. The smallest absolute Gasteiger partial charge is 0.407 e. The van der Waals surface area contributed by atoms with Crippen LogP contribution < -0.4 is 32.2 Å². The summed E-state index contributed by atoms with van der Waals surface area (Å²) < 4.78 is 12.2. The molecule has 0 spiro atoms. The average Bonchev–Trinajstić information content (AvgIpc) is 2.93. The first-order chi connectivity index (χ1) is 18.6. The van der Waals surface area contributed by atoms with Gasteiger partial charge in [-0.2, -0.15) is 0 Å². The van der Waals surface area contributed by atoms with Crippen LogP contribution in [0.25, 0.3) is 0 Å². The lowest BCUT2D eigenvalue weighted by molar-refractivity contribution is -0.694. The minimum atomic E-state index is -0.518. The molecule has 39 heavy (non-hydrogen) atoms. The number of nitrogens with zero attached hydrogens (tertiary/aromatic N) is 1. The number of ether oxygens (including phenoxy) is 2. The van der Waals surface area contributed by atoms with Gasteiger partial charge in [0.05, 0.1) is 6.54 Å². The van der Waals surface area contributed by atoms with E-state index in [2.05, 4.69) is 24.1 Å². The number of amides is 2. The molecule has 0 aliphatic heterocycles. The second-order valence-corrected chi connectivity index (χ2v) is 10.2. The number of aromatic nitrogens is 1. The topological polar surface area (TPSA) is 80.5 Å². The molecule has 0 aliphatic carbocycles. The Morgan fingerprint density at radius 1 is 0.641 bits per heavy atom. The fraction of sp³-hybridized carbons (Fsp3) is 0.710. The Labute approximate surface area is 248 Å². The van der Waals surface area contributed by atoms with E-state index in [1.54, 1.807) is 0 Å². The van der Waals surface area contributed by atoms with Crippen molar-refractivity contribution in [1.82, 2.24) is 10.6 Å². The van der Waals surface area contributed by atoms with Gasteiger partial charge in [-0.25, -0.2) is 14.2 Å². The molecule has 1 aromatic heterocycles. The molecule has 0 aliphatic rings. The third-order valence-electron chi connectivity index (χ3n) is 6.53. The minimum absolute atomic E-state index is 0. The van der Waals surface area contributed by atoms with Gasteiger partial charge in [-0.3, -0.25) is 0 Å². The monoisotopic (exact) mass is 611 g/mol. The van der Waals surface area contributed by atoms with Crippen LogP contribution in [0.5, 0.6) is 0 Å². The highest BCUT2D eigenvalue weighted by Crippen LogP contribution is 2.13. The molecular weight excluding hydrogens is 558 g/mol. The largest absolute Gasteiger partial charge is 1.00 e. The van der Waals surface area contributed by atoms with Crippen LogP contribution in [0.3, 0.4) is 0 Å². The zero-order valence-corrected chi connectivity index (χ0v) is 26.0. The lowest BCUT2D eigenvalue weighted by Gasteiger charge is -2.10. The summed E-state index contributed by atoms with van der Waals surface area (Å²) >= 11 is 0. The predicted octanol–water partition coefficient (Wildman–Crippen LogP) is 4.25. The molecule has 2 amide bonds. The second-order valence-electron chi connectivity index (χ2n) is 10.2. The number of carbonyl (C=O) groups excluding carboxylic acids is 2. The summed E-state index contributed by atoms with van der Waals surface area (Å²) in [6.45, 7) is 7.83. The maximum atomic E-state index is 11.8. The maximum Gasteiger partial charge on any atom is 0.407 e. The van der Waals surface area contributed by atoms with Crippen molar-refractivity contribution in [2.75, 3.05) is 26.3 Å². The van der Waals surface area contributed by atoms with Gasteiger partial charge >= 0.3 is 12.2 Å². The number of halogens is 1. The van der Waals surface area contributed by atoms with Crippen LogP contribution in [0.1, 0.15) is 110 Å². The molecule has 1 heterocycles. The van der Waals surface area contributed by atoms with Crippen LogP contribution in [0.15, 0.2) is 42.7 Å². The van der Waals surface area contributed by atoms with Gasteiger partial charge < -0.3 is 37.1 Å². The summed E-state index contributed by atoms with van der Waals surface area (Å²) in [5, 5.41) is 5.45. The number of pyridine rings is 1. The molecule has 0 saturated carbocycles. The lowest BCUT2D eigenvalue weighted by Crippen LogP contribution is -3.00. The first kappa shape index (κ1) is 36.9. The summed E-state index contributed by atoms with van der Waals surface area (Å²) in [5.74, 6) is 0. The van der Waals surface area contributed by atoms with E-state index < -0.39 is 12.2 Å². The fourth-order valence-electron chi connectivity index (χ4n) is 4.21. The van der Waals surface area contributed by atoms with Gasteiger partial charge in [-0.05, 0) is 12.0 Å². The lowest BCUT2D eigenvalue weighted by atomic mass is 10.0. The van der Waals surface area contributed by atoms with E-state index in [1.807, 2.05) is 35.2 Å². The van der Waals surface area contributed by atoms with E-state index in [0.29, 0.717) is 25.2 Å². The molecule has 0 bridgehead atoms. The predicted molar refractivity (Wildman–Crippen MR) is 154 cm³/mol. The first-order valence-electron chi connectivity index (χ1n) is 15.0. The average molecular weight is 613 g/mol. The van der Waals surface area contributed by atoms with E-state index in [-0.39, 0.29) is 30.2 Å². The van der Waals surface area contributed by atoms with E-state index in [9.17, 15) is 9.59 Å². The van der Waals surface area contributed by atoms with Gasteiger partial charge in [0.2, 0.25) is 0 Å². The van der Waals surface area contributed by atoms with E-state index in [0.717, 1.165) is 12.8 Å². The molecule has 2 N–H and O–H groups in total. The van der Waals surface area contributed by atoms with Gasteiger partial charge in [0.25, 0.3) is 0 Å². The standard InChI is InChI=1S/C31H53N3O4.BrH/c1-3-4-5-6-7-8-9-10-11-12-13-14-15-16-17-19-22-32-30(35)37-27-29(2)28-38-31(36)33-23-26-34-24-20-18-21-25-34;/h18,20-21,24-25H,2-17,19,22-23,26-28H2,1H3,(H-,32,33,35,36);1H. The van der Waals surface area contributed by atoms with Crippen molar-refractivity contribution in [2.45, 2.75) is 116 Å². The maximum absolute atomic E-state index is 11.8. The normalized spacial score (nSPS) is 10.4. The van der Waals surface area contributed by atoms with Gasteiger partial charge in [0, 0.05) is 18.7 Å². The molecule has 0 radical (unpaired) electrons. The Balaban J connectivity index is 0.0000144.